The number of anilines is 2. The van der Waals surface area contributed by atoms with E-state index in [9.17, 15) is 0 Å². The SMILES string of the molecule is CN(C[C@@H]1CCN(c2ccccc2)C1)c1nc(-c2ccccc2)no1. The lowest BCUT2D eigenvalue weighted by molar-refractivity contribution is 0.411. The predicted octanol–water partition coefficient (Wildman–Crippen LogP) is 3.70. The summed E-state index contributed by atoms with van der Waals surface area (Å²) in [5.74, 6) is 1.23. The maximum Gasteiger partial charge on any atom is 0.324 e. The minimum atomic E-state index is 0.581. The van der Waals surface area contributed by atoms with Crippen molar-refractivity contribution in [1.29, 1.82) is 0 Å². The fourth-order valence-electron chi connectivity index (χ4n) is 3.40. The third-order valence-corrected chi connectivity index (χ3v) is 4.71. The second-order valence-corrected chi connectivity index (χ2v) is 6.58. The molecule has 3 aromatic rings. The Morgan fingerprint density at radius 2 is 1.80 bits per heavy atom. The molecule has 0 saturated carbocycles. The van der Waals surface area contributed by atoms with Gasteiger partial charge >= 0.3 is 6.01 Å². The van der Waals surface area contributed by atoms with Crippen LogP contribution >= 0.6 is 0 Å². The van der Waals surface area contributed by atoms with Gasteiger partial charge in [-0.15, -0.1) is 0 Å². The van der Waals surface area contributed by atoms with Gasteiger partial charge in [-0.05, 0) is 24.5 Å². The zero-order valence-corrected chi connectivity index (χ0v) is 14.4. The highest BCUT2D eigenvalue weighted by atomic mass is 16.5. The van der Waals surface area contributed by atoms with Crippen LogP contribution in [0.1, 0.15) is 6.42 Å². The predicted molar refractivity (Wildman–Crippen MR) is 99.8 cm³/mol. The van der Waals surface area contributed by atoms with E-state index in [4.69, 9.17) is 4.52 Å². The molecule has 1 atom stereocenters. The molecule has 5 heteroatoms. The van der Waals surface area contributed by atoms with Crippen LogP contribution in [0, 0.1) is 5.92 Å². The van der Waals surface area contributed by atoms with Gasteiger partial charge in [0.05, 0.1) is 0 Å². The summed E-state index contributed by atoms with van der Waals surface area (Å²) in [7, 11) is 2.02. The first kappa shape index (κ1) is 15.7. The van der Waals surface area contributed by atoms with Crippen LogP contribution in [-0.4, -0.2) is 36.8 Å². The average Bonchev–Trinajstić information content (AvgIpc) is 3.33. The molecule has 128 valence electrons. The summed E-state index contributed by atoms with van der Waals surface area (Å²) >= 11 is 0. The van der Waals surface area contributed by atoms with Crippen molar-refractivity contribution in [2.75, 3.05) is 36.5 Å². The van der Waals surface area contributed by atoms with Gasteiger partial charge in [-0.2, -0.15) is 4.98 Å². The maximum absolute atomic E-state index is 5.45. The molecule has 1 saturated heterocycles. The van der Waals surface area contributed by atoms with Crippen molar-refractivity contribution in [3.05, 3.63) is 60.7 Å². The number of hydrogen-bond donors (Lipinski definition) is 0. The van der Waals surface area contributed by atoms with E-state index in [1.165, 1.54) is 12.1 Å². The zero-order chi connectivity index (χ0) is 17.1. The summed E-state index contributed by atoms with van der Waals surface area (Å²) in [5.41, 5.74) is 2.28. The summed E-state index contributed by atoms with van der Waals surface area (Å²) in [6.45, 7) is 3.08. The number of nitrogens with zero attached hydrogens (tertiary/aromatic N) is 4. The van der Waals surface area contributed by atoms with E-state index in [0.29, 0.717) is 17.8 Å². The van der Waals surface area contributed by atoms with E-state index in [-0.39, 0.29) is 0 Å². The summed E-state index contributed by atoms with van der Waals surface area (Å²) in [6, 6.07) is 21.1. The summed E-state index contributed by atoms with van der Waals surface area (Å²) < 4.78 is 5.45. The van der Waals surface area contributed by atoms with E-state index in [0.717, 1.165) is 25.2 Å². The third-order valence-electron chi connectivity index (χ3n) is 4.71. The standard InChI is InChI=1S/C20H22N4O/c1-23(20-21-19(22-25-20)17-8-4-2-5-9-17)14-16-12-13-24(15-16)18-10-6-3-7-11-18/h2-11,16H,12-15H2,1H3/t16-/m0/s1. The highest BCUT2D eigenvalue weighted by molar-refractivity contribution is 5.55. The van der Waals surface area contributed by atoms with Crippen molar-refractivity contribution in [2.24, 2.45) is 5.92 Å². The number of benzene rings is 2. The minimum absolute atomic E-state index is 0.581. The Hall–Kier alpha value is -2.82. The van der Waals surface area contributed by atoms with Crippen LogP contribution < -0.4 is 9.80 Å². The normalized spacial score (nSPS) is 17.0. The molecule has 25 heavy (non-hydrogen) atoms. The molecule has 1 aromatic heterocycles. The largest absolute Gasteiger partial charge is 0.371 e. The van der Waals surface area contributed by atoms with Gasteiger partial charge in [0.15, 0.2) is 0 Å². The number of hydrogen-bond acceptors (Lipinski definition) is 5. The molecule has 0 aliphatic carbocycles. The van der Waals surface area contributed by atoms with Crippen molar-refractivity contribution in [3.63, 3.8) is 0 Å². The molecule has 4 rings (SSSR count). The maximum atomic E-state index is 5.45. The first-order valence-corrected chi connectivity index (χ1v) is 8.70. The summed E-state index contributed by atoms with van der Waals surface area (Å²) in [5, 5.41) is 4.11. The lowest BCUT2D eigenvalue weighted by Crippen LogP contribution is -2.28. The average molecular weight is 334 g/mol. The summed E-state index contributed by atoms with van der Waals surface area (Å²) in [4.78, 5) is 9.05. The van der Waals surface area contributed by atoms with Crippen LogP contribution in [-0.2, 0) is 0 Å². The van der Waals surface area contributed by atoms with Crippen molar-refractivity contribution in [2.45, 2.75) is 6.42 Å². The van der Waals surface area contributed by atoms with Crippen molar-refractivity contribution >= 4 is 11.7 Å². The number of rotatable bonds is 5. The fraction of sp³-hybridized carbons (Fsp3) is 0.300. The molecule has 0 N–H and O–H groups in total. The van der Waals surface area contributed by atoms with E-state index >= 15 is 0 Å². The molecule has 1 fully saturated rings. The van der Waals surface area contributed by atoms with Gasteiger partial charge < -0.3 is 14.3 Å². The molecule has 2 aromatic carbocycles. The molecule has 0 unspecified atom stereocenters. The first-order chi connectivity index (χ1) is 12.3. The molecule has 0 amide bonds. The highest BCUT2D eigenvalue weighted by Crippen LogP contribution is 2.25. The van der Waals surface area contributed by atoms with Crippen LogP contribution in [0.3, 0.4) is 0 Å². The Morgan fingerprint density at radius 1 is 1.08 bits per heavy atom. The van der Waals surface area contributed by atoms with Crippen LogP contribution in [0.2, 0.25) is 0 Å². The van der Waals surface area contributed by atoms with Gasteiger partial charge in [-0.1, -0.05) is 53.7 Å². The molecule has 1 aliphatic heterocycles. The molecule has 0 radical (unpaired) electrons. The lowest BCUT2D eigenvalue weighted by Gasteiger charge is -2.21. The Balaban J connectivity index is 1.38. The third kappa shape index (κ3) is 3.50. The molecule has 2 heterocycles. The minimum Gasteiger partial charge on any atom is -0.371 e. The molecule has 0 spiro atoms. The topological polar surface area (TPSA) is 45.4 Å². The van der Waals surface area contributed by atoms with Crippen molar-refractivity contribution in [1.82, 2.24) is 10.1 Å². The van der Waals surface area contributed by atoms with Gasteiger partial charge in [-0.3, -0.25) is 0 Å². The number of para-hydroxylation sites is 1. The second-order valence-electron chi connectivity index (χ2n) is 6.58. The summed E-state index contributed by atoms with van der Waals surface area (Å²) in [6.07, 6.45) is 1.18. The van der Waals surface area contributed by atoms with Gasteiger partial charge in [0.2, 0.25) is 5.82 Å². The number of aromatic nitrogens is 2. The lowest BCUT2D eigenvalue weighted by atomic mass is 10.1. The van der Waals surface area contributed by atoms with Crippen molar-refractivity contribution in [3.8, 4) is 11.4 Å². The fourth-order valence-corrected chi connectivity index (χ4v) is 3.40. The first-order valence-electron chi connectivity index (χ1n) is 8.70. The zero-order valence-electron chi connectivity index (χ0n) is 14.4. The van der Waals surface area contributed by atoms with E-state index in [1.807, 2.05) is 37.4 Å². The van der Waals surface area contributed by atoms with E-state index in [1.54, 1.807) is 0 Å². The van der Waals surface area contributed by atoms with Gasteiger partial charge in [0.1, 0.15) is 0 Å². The molecule has 5 nitrogen and oxygen atoms in total. The van der Waals surface area contributed by atoms with Crippen LogP contribution in [0.4, 0.5) is 11.7 Å². The van der Waals surface area contributed by atoms with Gasteiger partial charge in [-0.25, -0.2) is 0 Å². The second kappa shape index (κ2) is 6.97. The van der Waals surface area contributed by atoms with E-state index in [2.05, 4.69) is 50.3 Å². The Morgan fingerprint density at radius 3 is 2.56 bits per heavy atom. The van der Waals surface area contributed by atoms with Gasteiger partial charge in [0, 0.05) is 37.9 Å². The molecular formula is C20H22N4O. The molecular weight excluding hydrogens is 312 g/mol. The van der Waals surface area contributed by atoms with Crippen LogP contribution in [0.5, 0.6) is 0 Å². The Bertz CT molecular complexity index is 803. The smallest absolute Gasteiger partial charge is 0.324 e. The van der Waals surface area contributed by atoms with Gasteiger partial charge in [0.25, 0.3) is 0 Å². The van der Waals surface area contributed by atoms with Crippen molar-refractivity contribution < 1.29 is 4.52 Å². The van der Waals surface area contributed by atoms with E-state index < -0.39 is 0 Å². The highest BCUT2D eigenvalue weighted by Gasteiger charge is 2.25. The van der Waals surface area contributed by atoms with Crippen LogP contribution in [0.15, 0.2) is 65.2 Å². The molecule has 0 bridgehead atoms. The van der Waals surface area contributed by atoms with Crippen LogP contribution in [0.25, 0.3) is 11.4 Å². The monoisotopic (exact) mass is 334 g/mol. The molecule has 1 aliphatic rings. The Kier molecular flexibility index (Phi) is 4.37. The Labute approximate surface area is 147 Å². The quantitative estimate of drug-likeness (QED) is 0.712.